The molecule has 8 nitrogen and oxygen atoms in total. The molecule has 0 aromatic heterocycles. The van der Waals surface area contributed by atoms with Gasteiger partial charge in [-0.2, -0.15) is 0 Å². The molecule has 2 heterocycles. The summed E-state index contributed by atoms with van der Waals surface area (Å²) in [6.07, 6.45) is 5.40. The van der Waals surface area contributed by atoms with Gasteiger partial charge in [-0.25, -0.2) is 4.79 Å². The molecule has 1 aliphatic carbocycles. The molecule has 1 amide bonds. The quantitative estimate of drug-likeness (QED) is 0.201. The van der Waals surface area contributed by atoms with E-state index in [0.717, 1.165) is 5.56 Å². The largest absolute Gasteiger partial charge is 0.444 e. The van der Waals surface area contributed by atoms with Crippen LogP contribution < -0.4 is 5.32 Å². The van der Waals surface area contributed by atoms with Gasteiger partial charge in [0, 0.05) is 24.5 Å². The molecular formula is C31H35NO7. The number of allylic oxidation sites excluding steroid dienone is 2. The summed E-state index contributed by atoms with van der Waals surface area (Å²) >= 11 is 0. The van der Waals surface area contributed by atoms with Crippen LogP contribution in [-0.2, 0) is 35.1 Å². The predicted octanol–water partition coefficient (Wildman–Crippen LogP) is 2.84. The van der Waals surface area contributed by atoms with Crippen LogP contribution in [0.25, 0.3) is 0 Å². The lowest BCUT2D eigenvalue weighted by molar-refractivity contribution is -0.183. The second-order valence-corrected chi connectivity index (χ2v) is 11.0. The minimum absolute atomic E-state index is 0.00116. The van der Waals surface area contributed by atoms with Crippen molar-refractivity contribution in [3.63, 3.8) is 0 Å². The number of hydrogen-bond donors (Lipinski definition) is 2. The van der Waals surface area contributed by atoms with Crippen LogP contribution in [0.4, 0.5) is 0 Å². The lowest BCUT2D eigenvalue weighted by Gasteiger charge is -2.49. The summed E-state index contributed by atoms with van der Waals surface area (Å²) in [7, 11) is 0. The molecule has 2 aliphatic heterocycles. The Hall–Kier alpha value is -3.65. The van der Waals surface area contributed by atoms with Crippen molar-refractivity contribution >= 4 is 29.7 Å². The lowest BCUT2D eigenvalue weighted by atomic mass is 9.59. The highest BCUT2D eigenvalue weighted by molar-refractivity contribution is 6.43. The highest BCUT2D eigenvalue weighted by Gasteiger charge is 2.68. The van der Waals surface area contributed by atoms with Crippen molar-refractivity contribution in [1.29, 1.82) is 0 Å². The van der Waals surface area contributed by atoms with E-state index in [0.29, 0.717) is 37.3 Å². The van der Waals surface area contributed by atoms with Crippen molar-refractivity contribution in [2.45, 2.75) is 63.7 Å². The van der Waals surface area contributed by atoms with Gasteiger partial charge >= 0.3 is 5.97 Å². The third-order valence-electron chi connectivity index (χ3n) is 8.41. The Balaban J connectivity index is 1.84. The Labute approximate surface area is 228 Å². The molecule has 4 rings (SSSR count). The molecule has 0 bridgehead atoms. The smallest absolute Gasteiger partial charge is 0.342 e. The Morgan fingerprint density at radius 2 is 1.87 bits per heavy atom. The lowest BCUT2D eigenvalue weighted by Crippen LogP contribution is -2.61. The van der Waals surface area contributed by atoms with Crippen LogP contribution in [0.3, 0.4) is 0 Å². The summed E-state index contributed by atoms with van der Waals surface area (Å²) in [5, 5.41) is 14.4. The Bertz CT molecular complexity index is 1230. The fraction of sp³-hybridized carbons (Fsp3) is 0.452. The number of ether oxygens (including phenoxy) is 1. The Morgan fingerprint density at radius 3 is 2.56 bits per heavy atom. The fourth-order valence-corrected chi connectivity index (χ4v) is 6.24. The minimum Gasteiger partial charge on any atom is -0.444 e. The maximum absolute atomic E-state index is 13.9. The number of nitrogens with one attached hydrogen (secondary N) is 1. The topological polar surface area (TPSA) is 127 Å². The number of aliphatic hydroxyl groups excluding tert-OH is 1. The monoisotopic (exact) mass is 533 g/mol. The van der Waals surface area contributed by atoms with Crippen molar-refractivity contribution in [2.24, 2.45) is 23.7 Å². The standard InChI is InChI=1S/C31H35NO7/c1-18-9-7-13-23-28(36)20(3)19(2)27-24(15-21-11-5-4-6-12-21)32-30(38)31(23,27)39-29(37)22(17-33)16-26(35)25(34)14-8-10-18/h4-7,11-13,16-19,23-24,27-28,36H,3,8-10,14-15H2,1-2H3,(H,32,38)/b13-7+,22-16+. The average molecular weight is 534 g/mol. The second-order valence-electron chi connectivity index (χ2n) is 11.0. The highest BCUT2D eigenvalue weighted by atomic mass is 16.6. The average Bonchev–Trinajstić information content (AvgIpc) is 3.18. The normalized spacial score (nSPS) is 36.3. The first-order chi connectivity index (χ1) is 18.6. The van der Waals surface area contributed by atoms with Gasteiger partial charge in [0.1, 0.15) is 5.57 Å². The highest BCUT2D eigenvalue weighted by Crippen LogP contribution is 2.52. The van der Waals surface area contributed by atoms with E-state index >= 15 is 0 Å². The molecule has 3 aliphatic rings. The third kappa shape index (κ3) is 5.43. The number of carbonyl (C=O) groups excluding carboxylic acids is 5. The van der Waals surface area contributed by atoms with Crippen molar-refractivity contribution < 1.29 is 33.8 Å². The van der Waals surface area contributed by atoms with Crippen LogP contribution in [-0.4, -0.2) is 52.6 Å². The number of rotatable bonds is 3. The summed E-state index contributed by atoms with van der Waals surface area (Å²) in [6, 6.07) is 9.09. The summed E-state index contributed by atoms with van der Waals surface area (Å²) in [6.45, 7) is 7.97. The Kier molecular flexibility index (Phi) is 8.45. The molecule has 7 unspecified atom stereocenters. The first-order valence-corrected chi connectivity index (χ1v) is 13.5. The first kappa shape index (κ1) is 28.4. The molecule has 1 aromatic rings. The molecule has 0 radical (unpaired) electrons. The molecule has 2 N–H and O–H groups in total. The SMILES string of the molecule is C=C1C(C)C2C(Cc3ccccc3)NC(=O)C23OC(=O)/C(C=O)=C/C(=O)C(=O)CCCC(C)C/C=C/C3C1O. The van der Waals surface area contributed by atoms with E-state index in [9.17, 15) is 29.1 Å². The van der Waals surface area contributed by atoms with Crippen LogP contribution in [0.1, 0.15) is 45.1 Å². The second kappa shape index (κ2) is 11.6. The number of aldehydes is 1. The van der Waals surface area contributed by atoms with Gasteiger partial charge in [-0.3, -0.25) is 19.2 Å². The van der Waals surface area contributed by atoms with Crippen LogP contribution in [0.5, 0.6) is 0 Å². The van der Waals surface area contributed by atoms with E-state index in [1.165, 1.54) is 0 Å². The molecule has 7 atom stereocenters. The van der Waals surface area contributed by atoms with Crippen LogP contribution in [0.2, 0.25) is 0 Å². The number of benzene rings is 1. The molecule has 1 spiro atoms. The van der Waals surface area contributed by atoms with Crippen LogP contribution in [0.15, 0.2) is 66.3 Å². The number of aliphatic hydroxyl groups is 1. The van der Waals surface area contributed by atoms with Gasteiger partial charge in [-0.05, 0) is 48.7 Å². The van der Waals surface area contributed by atoms with E-state index in [1.807, 2.05) is 50.3 Å². The van der Waals surface area contributed by atoms with E-state index in [4.69, 9.17) is 4.74 Å². The van der Waals surface area contributed by atoms with E-state index in [1.54, 1.807) is 6.08 Å². The number of hydrogen-bond acceptors (Lipinski definition) is 7. The number of ketones is 2. The first-order valence-electron chi connectivity index (χ1n) is 13.5. The zero-order valence-electron chi connectivity index (χ0n) is 22.3. The fourth-order valence-electron chi connectivity index (χ4n) is 6.24. The molecule has 1 saturated heterocycles. The summed E-state index contributed by atoms with van der Waals surface area (Å²) < 4.78 is 5.96. The molecule has 1 saturated carbocycles. The number of Topliss-reactive ketones (excluding diaryl/α,β-unsaturated/α-hetero) is 1. The third-order valence-corrected chi connectivity index (χ3v) is 8.41. The van der Waals surface area contributed by atoms with E-state index < -0.39 is 64.5 Å². The minimum atomic E-state index is -1.87. The molecule has 2 fully saturated rings. The molecule has 1 aromatic carbocycles. The van der Waals surface area contributed by atoms with Crippen molar-refractivity contribution in [1.82, 2.24) is 5.32 Å². The van der Waals surface area contributed by atoms with Crippen LogP contribution in [0, 0.1) is 23.7 Å². The van der Waals surface area contributed by atoms with Gasteiger partial charge in [0.2, 0.25) is 17.2 Å². The van der Waals surface area contributed by atoms with Gasteiger partial charge < -0.3 is 15.2 Å². The molecular weight excluding hydrogens is 498 g/mol. The zero-order chi connectivity index (χ0) is 28.3. The molecule has 206 valence electrons. The zero-order valence-corrected chi connectivity index (χ0v) is 22.3. The number of amides is 1. The van der Waals surface area contributed by atoms with Crippen LogP contribution >= 0.6 is 0 Å². The van der Waals surface area contributed by atoms with Crippen molar-refractivity contribution in [3.05, 3.63) is 71.8 Å². The van der Waals surface area contributed by atoms with Gasteiger partial charge in [0.15, 0.2) is 6.29 Å². The van der Waals surface area contributed by atoms with E-state index in [-0.39, 0.29) is 18.6 Å². The predicted molar refractivity (Wildman–Crippen MR) is 143 cm³/mol. The summed E-state index contributed by atoms with van der Waals surface area (Å²) in [5.41, 5.74) is -1.04. The number of esters is 1. The van der Waals surface area contributed by atoms with Gasteiger partial charge in [0.05, 0.1) is 12.0 Å². The van der Waals surface area contributed by atoms with E-state index in [2.05, 4.69) is 11.9 Å². The maximum atomic E-state index is 13.9. The Morgan fingerprint density at radius 1 is 1.15 bits per heavy atom. The summed E-state index contributed by atoms with van der Waals surface area (Å²) in [5.74, 6) is -5.32. The van der Waals surface area contributed by atoms with Crippen molar-refractivity contribution in [3.8, 4) is 0 Å². The van der Waals surface area contributed by atoms with Gasteiger partial charge in [-0.1, -0.05) is 62.9 Å². The summed E-state index contributed by atoms with van der Waals surface area (Å²) in [4.78, 5) is 64.0. The van der Waals surface area contributed by atoms with Crippen molar-refractivity contribution in [2.75, 3.05) is 0 Å². The maximum Gasteiger partial charge on any atom is 0.342 e. The molecule has 8 heteroatoms. The number of carbonyl (C=O) groups is 5. The van der Waals surface area contributed by atoms with Gasteiger partial charge in [0.25, 0.3) is 5.91 Å². The molecule has 39 heavy (non-hydrogen) atoms. The van der Waals surface area contributed by atoms with Gasteiger partial charge in [-0.15, -0.1) is 0 Å².